The number of aromatic hydroxyl groups is 1. The van der Waals surface area contributed by atoms with E-state index in [4.69, 9.17) is 32.7 Å². The van der Waals surface area contributed by atoms with E-state index in [1.165, 1.54) is 36.4 Å². The second-order valence-corrected chi connectivity index (χ2v) is 19.9. The van der Waals surface area contributed by atoms with E-state index in [-0.39, 0.29) is 81.7 Å². The van der Waals surface area contributed by atoms with Crippen molar-refractivity contribution in [3.63, 3.8) is 0 Å². The van der Waals surface area contributed by atoms with Gasteiger partial charge in [-0.05, 0) is 121 Å². The van der Waals surface area contributed by atoms with E-state index in [0.29, 0.717) is 81.6 Å². The summed E-state index contributed by atoms with van der Waals surface area (Å²) in [4.78, 5) is 16.0. The van der Waals surface area contributed by atoms with E-state index < -0.39 is 53.3 Å². The third-order valence-electron chi connectivity index (χ3n) is 11.2. The number of ether oxygens (including phenoxy) is 2. The average Bonchev–Trinajstić information content (AvgIpc) is 3.37. The number of amides is 1. The SMILES string of the molecule is CCOc1cccc(N=C([O-])c2cc3ccccc3c(N=Nc3cc(CC)cc(Cl)c3S(=O)(=O)O)c2[O-])c1.CCOc1cccc(NC(=O)c2cc3ccccc3c(N=Nc3cc(CC)cc(Cl)c3S(=O)(=O)O)c2O)c1.[Ca+2]. The minimum absolute atomic E-state index is 0. The molecule has 0 saturated heterocycles. The van der Waals surface area contributed by atoms with E-state index in [2.05, 4.69) is 30.8 Å². The van der Waals surface area contributed by atoms with Gasteiger partial charge in [0.1, 0.15) is 38.4 Å². The van der Waals surface area contributed by atoms with E-state index >= 15 is 0 Å². The summed E-state index contributed by atoms with van der Waals surface area (Å²) in [5.41, 5.74) is 1.05. The molecule has 0 unspecified atom stereocenters. The molecule has 18 nitrogen and oxygen atoms in total. The molecule has 0 atom stereocenters. The molecule has 0 aliphatic rings. The first-order valence-corrected chi connectivity index (χ1v) is 26.8. The van der Waals surface area contributed by atoms with Crippen molar-refractivity contribution in [2.24, 2.45) is 25.4 Å². The van der Waals surface area contributed by atoms with Gasteiger partial charge in [0.05, 0.1) is 40.2 Å². The zero-order chi connectivity index (χ0) is 54.9. The van der Waals surface area contributed by atoms with Crippen LogP contribution in [-0.2, 0) is 33.1 Å². The summed E-state index contributed by atoms with van der Waals surface area (Å²) in [6, 6.07) is 35.6. The number of azo groups is 2. The number of nitrogens with one attached hydrogen (secondary N) is 1. The van der Waals surface area contributed by atoms with Crippen LogP contribution in [0.25, 0.3) is 21.5 Å². The molecule has 0 aromatic heterocycles. The van der Waals surface area contributed by atoms with Crippen LogP contribution in [0, 0.1) is 0 Å². The number of hydrogen-bond acceptors (Lipinski definition) is 15. The molecule has 23 heteroatoms. The number of fused-ring (bicyclic) bond motifs is 2. The van der Waals surface area contributed by atoms with Gasteiger partial charge in [-0.2, -0.15) is 21.9 Å². The van der Waals surface area contributed by atoms with Crippen LogP contribution < -0.4 is 25.0 Å². The van der Waals surface area contributed by atoms with E-state index in [0.717, 1.165) is 0 Å². The van der Waals surface area contributed by atoms with Crippen LogP contribution in [-0.4, -0.2) is 93.8 Å². The Morgan fingerprint density at radius 1 is 0.610 bits per heavy atom. The molecule has 8 rings (SSSR count). The molecule has 392 valence electrons. The number of aryl methyl sites for hydroxylation is 2. The predicted octanol–water partition coefficient (Wildman–Crippen LogP) is 12.3. The van der Waals surface area contributed by atoms with Crippen molar-refractivity contribution in [3.8, 4) is 23.0 Å². The minimum atomic E-state index is -4.75. The first-order chi connectivity index (χ1) is 36.2. The summed E-state index contributed by atoms with van der Waals surface area (Å²) >= 11 is 12.2. The van der Waals surface area contributed by atoms with Crippen LogP contribution in [0.15, 0.2) is 169 Å². The minimum Gasteiger partial charge on any atom is -0.871 e. The third kappa shape index (κ3) is 14.5. The van der Waals surface area contributed by atoms with Crippen LogP contribution in [0.3, 0.4) is 0 Å². The quantitative estimate of drug-likeness (QED) is 0.0231. The fourth-order valence-electron chi connectivity index (χ4n) is 7.72. The van der Waals surface area contributed by atoms with Crippen molar-refractivity contribution in [2.75, 3.05) is 18.5 Å². The molecule has 4 N–H and O–H groups in total. The van der Waals surface area contributed by atoms with Gasteiger partial charge in [0, 0.05) is 28.6 Å². The molecule has 0 aliphatic carbocycles. The Labute approximate surface area is 483 Å². The standard InChI is InChI=1S/2C27H24ClN3O6S.Ca/c2*1-3-16-12-22(28)26(38(34,35)36)23(13-16)30-31-24-20-11-6-5-8-17(20)14-21(25(24)32)27(33)29-18-9-7-10-19(15-18)37-4-2;/h2*5-15,32H,3-4H2,1-2H3,(H,29,33)(H,34,35,36);/q;;+2/p-2. The fraction of sp³-hybridized carbons (Fsp3) is 0.148. The molecule has 0 bridgehead atoms. The van der Waals surface area contributed by atoms with Crippen molar-refractivity contribution >= 4 is 149 Å². The van der Waals surface area contributed by atoms with Gasteiger partial charge in [0.15, 0.2) is 5.75 Å². The molecular formula is C54H46CaCl2N6O12S2. The Morgan fingerprint density at radius 3 is 1.61 bits per heavy atom. The summed E-state index contributed by atoms with van der Waals surface area (Å²) in [7, 11) is -9.49. The van der Waals surface area contributed by atoms with Gasteiger partial charge in [-0.1, -0.05) is 103 Å². The van der Waals surface area contributed by atoms with E-state index in [1.54, 1.807) is 97.1 Å². The van der Waals surface area contributed by atoms with E-state index in [1.807, 2.05) is 27.7 Å². The first kappa shape index (κ1) is 59.5. The first-order valence-electron chi connectivity index (χ1n) is 23.2. The number of aliphatic imine (C=N–C) groups is 1. The van der Waals surface area contributed by atoms with Crippen molar-refractivity contribution in [2.45, 2.75) is 50.3 Å². The summed E-state index contributed by atoms with van der Waals surface area (Å²) in [5.74, 6) is -1.50. The van der Waals surface area contributed by atoms with Gasteiger partial charge in [0.2, 0.25) is 0 Å². The van der Waals surface area contributed by atoms with Crippen LogP contribution in [0.1, 0.15) is 54.7 Å². The number of benzene rings is 8. The van der Waals surface area contributed by atoms with Crippen molar-refractivity contribution in [1.29, 1.82) is 0 Å². The van der Waals surface area contributed by atoms with Crippen LogP contribution in [0.4, 0.5) is 34.1 Å². The third-order valence-corrected chi connectivity index (χ3v) is 13.9. The molecule has 77 heavy (non-hydrogen) atoms. The largest absolute Gasteiger partial charge is 2.00 e. The number of phenolic OH excluding ortho intramolecular Hbond substituents is 1. The van der Waals surface area contributed by atoms with Crippen molar-refractivity contribution in [3.05, 3.63) is 166 Å². The Balaban J connectivity index is 0.000000246. The van der Waals surface area contributed by atoms with Crippen molar-refractivity contribution in [1.82, 2.24) is 0 Å². The van der Waals surface area contributed by atoms with Gasteiger partial charge in [-0.15, -0.1) is 15.3 Å². The van der Waals surface area contributed by atoms with Gasteiger partial charge < -0.3 is 30.1 Å². The maximum absolute atomic E-state index is 13.4. The zero-order valence-corrected chi connectivity index (χ0v) is 46.9. The summed E-state index contributed by atoms with van der Waals surface area (Å²) in [6.07, 6.45) is 1.02. The van der Waals surface area contributed by atoms with E-state index in [9.17, 15) is 46.1 Å². The zero-order valence-electron chi connectivity index (χ0n) is 41.6. The van der Waals surface area contributed by atoms with Crippen LogP contribution >= 0.6 is 23.2 Å². The second kappa shape index (κ2) is 26.1. The number of hydrogen-bond donors (Lipinski definition) is 4. The summed E-state index contributed by atoms with van der Waals surface area (Å²) < 4.78 is 78.3. The summed E-state index contributed by atoms with van der Waals surface area (Å²) in [6.45, 7) is 8.24. The van der Waals surface area contributed by atoms with Gasteiger partial charge in [-0.3, -0.25) is 18.9 Å². The molecular weight excluding hydrogens is 1100 g/mol. The Kier molecular flexibility index (Phi) is 20.2. The Morgan fingerprint density at radius 2 is 1.09 bits per heavy atom. The maximum Gasteiger partial charge on any atom is 2.00 e. The molecule has 0 heterocycles. The number of nitrogens with zero attached hydrogens (tertiary/aromatic N) is 5. The number of carbonyl (C=O) groups excluding carboxylic acids is 1. The molecule has 8 aromatic carbocycles. The molecule has 0 aliphatic heterocycles. The molecule has 1 amide bonds. The Bertz CT molecular complexity index is 3860. The molecule has 0 spiro atoms. The Hall–Kier alpha value is -6.72. The molecule has 0 fully saturated rings. The molecule has 0 saturated carbocycles. The monoisotopic (exact) mass is 1140 g/mol. The fourth-order valence-corrected chi connectivity index (χ4v) is 10.1. The number of carbonyl (C=O) groups is 1. The number of anilines is 1. The average molecular weight is 1150 g/mol. The van der Waals surface area contributed by atoms with Gasteiger partial charge in [-0.25, -0.2) is 0 Å². The maximum atomic E-state index is 13.4. The molecule has 8 aromatic rings. The van der Waals surface area contributed by atoms with Crippen molar-refractivity contribution < 1.29 is 55.5 Å². The van der Waals surface area contributed by atoms with Gasteiger partial charge in [0.25, 0.3) is 26.1 Å². The number of rotatable bonds is 16. The predicted molar refractivity (Wildman–Crippen MR) is 294 cm³/mol. The summed E-state index contributed by atoms with van der Waals surface area (Å²) in [5, 5.41) is 58.1. The van der Waals surface area contributed by atoms with Gasteiger partial charge >= 0.3 is 37.7 Å². The molecule has 0 radical (unpaired) electrons. The van der Waals surface area contributed by atoms with Crippen LogP contribution in [0.2, 0.25) is 10.0 Å². The number of halogens is 2. The number of phenols is 1. The normalized spacial score (nSPS) is 11.9. The topological polar surface area (TPSA) is 284 Å². The second-order valence-electron chi connectivity index (χ2n) is 16.3. The van der Waals surface area contributed by atoms with Crippen LogP contribution in [0.5, 0.6) is 23.0 Å². The smallest absolute Gasteiger partial charge is 0.871 e.